The third-order valence-corrected chi connectivity index (χ3v) is 4.22. The molecule has 0 unspecified atom stereocenters. The minimum Gasteiger partial charge on any atom is -0.356 e. The van der Waals surface area contributed by atoms with E-state index in [0.29, 0.717) is 0 Å². The number of nitrogens with zero attached hydrogens (tertiary/aromatic N) is 2. The normalized spacial score (nSPS) is 16.9. The highest BCUT2D eigenvalue weighted by Gasteiger charge is 2.12. The summed E-state index contributed by atoms with van der Waals surface area (Å²) in [6.45, 7) is 2.97. The zero-order valence-electron chi connectivity index (χ0n) is 10.1. The van der Waals surface area contributed by atoms with Gasteiger partial charge in [0.2, 0.25) is 0 Å². The van der Waals surface area contributed by atoms with Gasteiger partial charge in [0.15, 0.2) is 0 Å². The van der Waals surface area contributed by atoms with Crippen LogP contribution in [0.3, 0.4) is 0 Å². The predicted molar refractivity (Wildman–Crippen MR) is 76.2 cm³/mol. The van der Waals surface area contributed by atoms with Crippen LogP contribution in [0.5, 0.6) is 0 Å². The van der Waals surface area contributed by atoms with Crippen molar-refractivity contribution in [1.82, 2.24) is 10.3 Å². The van der Waals surface area contributed by atoms with Crippen LogP contribution in [-0.4, -0.2) is 36.6 Å². The van der Waals surface area contributed by atoms with E-state index in [1.165, 1.54) is 17.9 Å². The van der Waals surface area contributed by atoms with E-state index < -0.39 is 0 Å². The van der Waals surface area contributed by atoms with Gasteiger partial charge in [-0.15, -0.1) is 0 Å². The predicted octanol–water partition coefficient (Wildman–Crippen LogP) is 2.40. The molecule has 0 radical (unpaired) electrons. The summed E-state index contributed by atoms with van der Waals surface area (Å²) in [7, 11) is 1.93. The molecule has 0 aliphatic carbocycles. The maximum atomic E-state index is 6.12. The van der Waals surface area contributed by atoms with Crippen molar-refractivity contribution in [1.29, 1.82) is 0 Å². The van der Waals surface area contributed by atoms with Crippen LogP contribution in [0.15, 0.2) is 12.3 Å². The second-order valence-electron chi connectivity index (χ2n) is 4.12. The molecule has 0 saturated carbocycles. The molecule has 0 spiro atoms. The van der Waals surface area contributed by atoms with Crippen molar-refractivity contribution in [2.75, 3.05) is 36.5 Å². The van der Waals surface area contributed by atoms with Crippen LogP contribution in [0.4, 0.5) is 5.82 Å². The van der Waals surface area contributed by atoms with Gasteiger partial charge in [-0.1, -0.05) is 11.6 Å². The fourth-order valence-electron chi connectivity index (χ4n) is 1.94. The third kappa shape index (κ3) is 3.50. The molecule has 2 heterocycles. The number of halogens is 1. The Labute approximate surface area is 112 Å². The molecule has 1 fully saturated rings. The van der Waals surface area contributed by atoms with Crippen molar-refractivity contribution in [2.45, 2.75) is 13.0 Å². The van der Waals surface area contributed by atoms with Gasteiger partial charge >= 0.3 is 0 Å². The molecule has 3 nitrogen and oxygen atoms in total. The lowest BCUT2D eigenvalue weighted by atomic mass is 10.2. The van der Waals surface area contributed by atoms with Crippen LogP contribution in [-0.2, 0) is 6.54 Å². The van der Waals surface area contributed by atoms with Gasteiger partial charge in [-0.2, -0.15) is 11.8 Å². The fourth-order valence-corrected chi connectivity index (χ4v) is 3.00. The molecule has 0 bridgehead atoms. The Balaban J connectivity index is 2.16. The van der Waals surface area contributed by atoms with E-state index in [0.717, 1.165) is 36.0 Å². The third-order valence-electron chi connectivity index (χ3n) is 2.83. The van der Waals surface area contributed by atoms with Crippen LogP contribution < -0.4 is 10.2 Å². The first-order valence-corrected chi connectivity index (χ1v) is 7.46. The fraction of sp³-hybridized carbons (Fsp3) is 0.583. The molecule has 1 saturated heterocycles. The quantitative estimate of drug-likeness (QED) is 0.914. The number of pyridine rings is 1. The van der Waals surface area contributed by atoms with Crippen molar-refractivity contribution in [2.24, 2.45) is 0 Å². The lowest BCUT2D eigenvalue weighted by Gasteiger charge is -2.21. The largest absolute Gasteiger partial charge is 0.356 e. The van der Waals surface area contributed by atoms with E-state index in [2.05, 4.69) is 21.3 Å². The Bertz CT molecular complexity index is 365. The number of aromatic nitrogens is 1. The Hall–Kier alpha value is -0.450. The number of rotatable bonds is 3. The van der Waals surface area contributed by atoms with Crippen LogP contribution >= 0.6 is 23.4 Å². The van der Waals surface area contributed by atoms with Gasteiger partial charge in [0.1, 0.15) is 5.82 Å². The van der Waals surface area contributed by atoms with Crippen LogP contribution in [0.2, 0.25) is 5.02 Å². The van der Waals surface area contributed by atoms with Crippen LogP contribution in [0.1, 0.15) is 12.0 Å². The Kier molecular flexibility index (Phi) is 4.95. The summed E-state index contributed by atoms with van der Waals surface area (Å²) in [6.07, 6.45) is 3.00. The first-order chi connectivity index (χ1) is 8.31. The van der Waals surface area contributed by atoms with Crippen molar-refractivity contribution in [3.8, 4) is 0 Å². The molecule has 5 heteroatoms. The van der Waals surface area contributed by atoms with Gasteiger partial charge in [0.05, 0.1) is 5.02 Å². The molecule has 0 atom stereocenters. The summed E-state index contributed by atoms with van der Waals surface area (Å²) in [5, 5.41) is 3.88. The summed E-state index contributed by atoms with van der Waals surface area (Å²) >= 11 is 8.14. The first kappa shape index (κ1) is 13.0. The Morgan fingerprint density at radius 2 is 2.35 bits per heavy atom. The van der Waals surface area contributed by atoms with E-state index in [1.807, 2.05) is 18.8 Å². The second-order valence-corrected chi connectivity index (χ2v) is 5.75. The summed E-state index contributed by atoms with van der Waals surface area (Å²) < 4.78 is 0. The summed E-state index contributed by atoms with van der Waals surface area (Å²) in [6, 6.07) is 2.11. The van der Waals surface area contributed by atoms with E-state index >= 15 is 0 Å². The van der Waals surface area contributed by atoms with E-state index in [1.54, 1.807) is 6.20 Å². The first-order valence-electron chi connectivity index (χ1n) is 5.93. The molecule has 1 aromatic rings. The number of hydrogen-bond donors (Lipinski definition) is 1. The second kappa shape index (κ2) is 6.47. The zero-order chi connectivity index (χ0) is 12.1. The molecule has 0 amide bonds. The molecular weight excluding hydrogens is 254 g/mol. The number of hydrogen-bond acceptors (Lipinski definition) is 4. The van der Waals surface area contributed by atoms with Crippen molar-refractivity contribution >= 4 is 29.2 Å². The van der Waals surface area contributed by atoms with E-state index in [9.17, 15) is 0 Å². The average molecular weight is 272 g/mol. The highest BCUT2D eigenvalue weighted by atomic mass is 35.5. The van der Waals surface area contributed by atoms with Crippen LogP contribution in [0.25, 0.3) is 0 Å². The molecule has 1 N–H and O–H groups in total. The van der Waals surface area contributed by atoms with E-state index in [4.69, 9.17) is 11.6 Å². The lowest BCUT2D eigenvalue weighted by Crippen LogP contribution is -2.26. The Morgan fingerprint density at radius 3 is 3.18 bits per heavy atom. The average Bonchev–Trinajstić information content (AvgIpc) is 2.61. The van der Waals surface area contributed by atoms with Crippen molar-refractivity contribution in [3.05, 3.63) is 22.8 Å². The van der Waals surface area contributed by atoms with Gasteiger partial charge in [0, 0.05) is 31.6 Å². The molecule has 1 aliphatic rings. The minimum absolute atomic E-state index is 0.743. The van der Waals surface area contributed by atoms with Crippen LogP contribution in [0, 0.1) is 0 Å². The molecule has 0 aromatic carbocycles. The monoisotopic (exact) mass is 271 g/mol. The van der Waals surface area contributed by atoms with Gasteiger partial charge in [0.25, 0.3) is 0 Å². The SMILES string of the molecule is CNCc1cc(N2CCCSCC2)ncc1Cl. The highest BCUT2D eigenvalue weighted by molar-refractivity contribution is 7.99. The van der Waals surface area contributed by atoms with Gasteiger partial charge in [-0.3, -0.25) is 0 Å². The number of anilines is 1. The van der Waals surface area contributed by atoms with Gasteiger partial charge < -0.3 is 10.2 Å². The molecule has 1 aliphatic heterocycles. The summed E-state index contributed by atoms with van der Waals surface area (Å²) in [5.41, 5.74) is 1.12. The zero-order valence-corrected chi connectivity index (χ0v) is 11.7. The van der Waals surface area contributed by atoms with E-state index in [-0.39, 0.29) is 0 Å². The number of thioether (sulfide) groups is 1. The minimum atomic E-state index is 0.743. The number of nitrogens with one attached hydrogen (secondary N) is 1. The topological polar surface area (TPSA) is 28.2 Å². The summed E-state index contributed by atoms with van der Waals surface area (Å²) in [4.78, 5) is 6.80. The Morgan fingerprint density at radius 1 is 1.47 bits per heavy atom. The maximum Gasteiger partial charge on any atom is 0.128 e. The van der Waals surface area contributed by atoms with Gasteiger partial charge in [-0.05, 0) is 30.9 Å². The lowest BCUT2D eigenvalue weighted by molar-refractivity contribution is 0.788. The molecule has 94 valence electrons. The van der Waals surface area contributed by atoms with Gasteiger partial charge in [-0.25, -0.2) is 4.98 Å². The molecule has 17 heavy (non-hydrogen) atoms. The summed E-state index contributed by atoms with van der Waals surface area (Å²) in [5.74, 6) is 3.50. The van der Waals surface area contributed by atoms with Crippen molar-refractivity contribution < 1.29 is 0 Å². The smallest absolute Gasteiger partial charge is 0.128 e. The highest BCUT2D eigenvalue weighted by Crippen LogP contribution is 2.22. The molecule has 2 rings (SSSR count). The van der Waals surface area contributed by atoms with Crippen molar-refractivity contribution in [3.63, 3.8) is 0 Å². The standard InChI is InChI=1S/C12H18ClN3S/c1-14-8-10-7-12(15-9-11(10)13)16-3-2-5-17-6-4-16/h7,9,14H,2-6,8H2,1H3. The molecule has 1 aromatic heterocycles. The molecular formula is C12H18ClN3S. The maximum absolute atomic E-state index is 6.12.